The monoisotopic (exact) mass is 359 g/mol. The highest BCUT2D eigenvalue weighted by atomic mass is 16.6. The minimum Gasteiger partial charge on any atom is -0.486 e. The largest absolute Gasteiger partial charge is 0.486 e. The van der Waals surface area contributed by atoms with Crippen molar-refractivity contribution in [2.45, 2.75) is 31.7 Å². The Kier molecular flexibility index (Phi) is 4.26. The fraction of sp³-hybridized carbons (Fsp3) is 0.579. The summed E-state index contributed by atoms with van der Waals surface area (Å²) in [5.41, 5.74) is 6.25. The van der Waals surface area contributed by atoms with Crippen LogP contribution in [-0.2, 0) is 9.59 Å². The summed E-state index contributed by atoms with van der Waals surface area (Å²) in [6.45, 7) is 3.80. The number of rotatable bonds is 5. The van der Waals surface area contributed by atoms with Crippen molar-refractivity contribution in [2.75, 3.05) is 31.2 Å². The summed E-state index contributed by atoms with van der Waals surface area (Å²) in [6.07, 6.45) is 2.41. The van der Waals surface area contributed by atoms with Crippen LogP contribution in [0.1, 0.15) is 26.2 Å². The molecule has 0 radical (unpaired) electrons. The maximum Gasteiger partial charge on any atom is 0.227 e. The summed E-state index contributed by atoms with van der Waals surface area (Å²) >= 11 is 0. The Bertz CT molecular complexity index is 733. The Morgan fingerprint density at radius 3 is 2.73 bits per heavy atom. The highest BCUT2D eigenvalue weighted by molar-refractivity contribution is 6.00. The zero-order valence-corrected chi connectivity index (χ0v) is 15.0. The number of carbonyl (C=O) groups excluding carboxylic acids is 2. The summed E-state index contributed by atoms with van der Waals surface area (Å²) in [5.74, 6) is 1.27. The van der Waals surface area contributed by atoms with Crippen molar-refractivity contribution in [3.05, 3.63) is 18.2 Å². The Hall–Kier alpha value is -2.28. The lowest BCUT2D eigenvalue weighted by atomic mass is 9.94. The first-order chi connectivity index (χ1) is 12.5. The van der Waals surface area contributed by atoms with E-state index in [4.69, 9.17) is 15.2 Å². The van der Waals surface area contributed by atoms with Gasteiger partial charge in [0.15, 0.2) is 11.5 Å². The van der Waals surface area contributed by atoms with Crippen LogP contribution in [0.5, 0.6) is 11.5 Å². The number of hydrogen-bond donors (Lipinski definition) is 2. The van der Waals surface area contributed by atoms with Crippen molar-refractivity contribution in [3.63, 3.8) is 0 Å². The SMILES string of the molecule is CC(CN)(NC(=O)C1CC(=O)N(c2ccc3c(c2)OCCO3)C1)C1CC1. The van der Waals surface area contributed by atoms with Crippen LogP contribution >= 0.6 is 0 Å². The van der Waals surface area contributed by atoms with Gasteiger partial charge in [0.05, 0.1) is 11.5 Å². The van der Waals surface area contributed by atoms with Gasteiger partial charge in [-0.2, -0.15) is 0 Å². The number of amides is 2. The predicted molar refractivity (Wildman–Crippen MR) is 96.2 cm³/mol. The highest BCUT2D eigenvalue weighted by Gasteiger charge is 2.44. The standard InChI is InChI=1S/C19H25N3O4/c1-19(11-20,13-2-3-13)21-18(24)12-8-17(23)22(10-12)14-4-5-15-16(9-14)26-7-6-25-15/h4-5,9,12-13H,2-3,6-8,10-11,20H2,1H3,(H,21,24). The van der Waals surface area contributed by atoms with E-state index in [-0.39, 0.29) is 29.7 Å². The third-order valence-corrected chi connectivity index (χ3v) is 5.64. The summed E-state index contributed by atoms with van der Waals surface area (Å²) in [4.78, 5) is 26.9. The lowest BCUT2D eigenvalue weighted by Gasteiger charge is -2.30. The van der Waals surface area contributed by atoms with Gasteiger partial charge < -0.3 is 25.4 Å². The van der Waals surface area contributed by atoms with Gasteiger partial charge in [-0.1, -0.05) is 0 Å². The molecule has 7 nitrogen and oxygen atoms in total. The van der Waals surface area contributed by atoms with E-state index in [1.165, 1.54) is 0 Å². The fourth-order valence-electron chi connectivity index (χ4n) is 3.76. The van der Waals surface area contributed by atoms with Crippen LogP contribution in [0.15, 0.2) is 18.2 Å². The first kappa shape index (κ1) is 17.1. The van der Waals surface area contributed by atoms with E-state index in [2.05, 4.69) is 5.32 Å². The number of fused-ring (bicyclic) bond motifs is 1. The maximum absolute atomic E-state index is 12.7. The van der Waals surface area contributed by atoms with Gasteiger partial charge in [0.1, 0.15) is 13.2 Å². The molecule has 4 rings (SSSR count). The second-order valence-electron chi connectivity index (χ2n) is 7.62. The van der Waals surface area contributed by atoms with Gasteiger partial charge in [-0.25, -0.2) is 0 Å². The molecule has 3 N–H and O–H groups in total. The molecular formula is C19H25N3O4. The lowest BCUT2D eigenvalue weighted by Crippen LogP contribution is -2.54. The average Bonchev–Trinajstić information content (AvgIpc) is 3.44. The van der Waals surface area contributed by atoms with Crippen LogP contribution in [-0.4, -0.2) is 43.7 Å². The van der Waals surface area contributed by atoms with Crippen LogP contribution in [0.4, 0.5) is 5.69 Å². The molecule has 2 atom stereocenters. The predicted octanol–water partition coefficient (Wildman–Crippen LogP) is 1.05. The number of nitrogens with one attached hydrogen (secondary N) is 1. The van der Waals surface area contributed by atoms with Crippen molar-refractivity contribution in [3.8, 4) is 11.5 Å². The zero-order valence-electron chi connectivity index (χ0n) is 15.0. The van der Waals surface area contributed by atoms with Gasteiger partial charge in [-0.05, 0) is 37.8 Å². The maximum atomic E-state index is 12.7. The van der Waals surface area contributed by atoms with Gasteiger partial charge in [0, 0.05) is 31.3 Å². The van der Waals surface area contributed by atoms with Gasteiger partial charge in [-0.15, -0.1) is 0 Å². The second-order valence-corrected chi connectivity index (χ2v) is 7.62. The van der Waals surface area contributed by atoms with Crippen molar-refractivity contribution in [1.29, 1.82) is 0 Å². The molecule has 2 aliphatic heterocycles. The van der Waals surface area contributed by atoms with Crippen LogP contribution < -0.4 is 25.4 Å². The lowest BCUT2D eigenvalue weighted by molar-refractivity contribution is -0.128. The molecule has 2 unspecified atom stereocenters. The van der Waals surface area contributed by atoms with Crippen LogP contribution in [0.25, 0.3) is 0 Å². The topological polar surface area (TPSA) is 93.9 Å². The first-order valence-corrected chi connectivity index (χ1v) is 9.22. The molecule has 0 aromatic heterocycles. The third-order valence-electron chi connectivity index (χ3n) is 5.64. The number of ether oxygens (including phenoxy) is 2. The van der Waals surface area contributed by atoms with Gasteiger partial charge in [0.2, 0.25) is 11.8 Å². The molecule has 1 saturated carbocycles. The van der Waals surface area contributed by atoms with Crippen LogP contribution in [0.3, 0.4) is 0 Å². The molecule has 2 amide bonds. The number of carbonyl (C=O) groups is 2. The molecule has 1 aliphatic carbocycles. The molecule has 0 spiro atoms. The molecule has 1 aromatic carbocycles. The molecule has 140 valence electrons. The molecule has 2 heterocycles. The Labute approximate surface area is 152 Å². The van der Waals surface area contributed by atoms with E-state index in [1.54, 1.807) is 11.0 Å². The summed E-state index contributed by atoms with van der Waals surface area (Å²) in [7, 11) is 0. The minimum absolute atomic E-state index is 0.0531. The number of nitrogens with two attached hydrogens (primary N) is 1. The average molecular weight is 359 g/mol. The minimum atomic E-state index is -0.370. The molecule has 2 fully saturated rings. The van der Waals surface area contributed by atoms with E-state index in [1.807, 2.05) is 19.1 Å². The third kappa shape index (κ3) is 3.11. The molecular weight excluding hydrogens is 334 g/mol. The van der Waals surface area contributed by atoms with Crippen molar-refractivity contribution >= 4 is 17.5 Å². The zero-order chi connectivity index (χ0) is 18.3. The molecule has 0 bridgehead atoms. The van der Waals surface area contributed by atoms with E-state index in [0.717, 1.165) is 18.5 Å². The van der Waals surface area contributed by atoms with Gasteiger partial charge in [0.25, 0.3) is 0 Å². The Morgan fingerprint density at radius 1 is 1.31 bits per heavy atom. The Morgan fingerprint density at radius 2 is 2.04 bits per heavy atom. The highest BCUT2D eigenvalue weighted by Crippen LogP contribution is 2.40. The molecule has 1 aromatic rings. The summed E-state index contributed by atoms with van der Waals surface area (Å²) < 4.78 is 11.1. The van der Waals surface area contributed by atoms with E-state index in [0.29, 0.717) is 43.7 Å². The number of nitrogens with zero attached hydrogens (tertiary/aromatic N) is 1. The first-order valence-electron chi connectivity index (χ1n) is 9.22. The van der Waals surface area contributed by atoms with E-state index in [9.17, 15) is 9.59 Å². The van der Waals surface area contributed by atoms with Crippen molar-refractivity contribution in [2.24, 2.45) is 17.6 Å². The molecule has 7 heteroatoms. The molecule has 1 saturated heterocycles. The quantitative estimate of drug-likeness (QED) is 0.820. The van der Waals surface area contributed by atoms with E-state index >= 15 is 0 Å². The van der Waals surface area contributed by atoms with Crippen molar-refractivity contribution < 1.29 is 19.1 Å². The van der Waals surface area contributed by atoms with E-state index < -0.39 is 0 Å². The number of anilines is 1. The Balaban J connectivity index is 1.46. The normalized spacial score (nSPS) is 24.3. The smallest absolute Gasteiger partial charge is 0.227 e. The fourth-order valence-corrected chi connectivity index (χ4v) is 3.76. The van der Waals surface area contributed by atoms with Gasteiger partial charge in [-0.3, -0.25) is 9.59 Å². The van der Waals surface area contributed by atoms with Crippen molar-refractivity contribution in [1.82, 2.24) is 5.32 Å². The summed E-state index contributed by atoms with van der Waals surface area (Å²) in [5, 5.41) is 3.10. The number of benzene rings is 1. The van der Waals surface area contributed by atoms with Gasteiger partial charge >= 0.3 is 0 Å². The molecule has 26 heavy (non-hydrogen) atoms. The second kappa shape index (κ2) is 6.46. The number of hydrogen-bond acceptors (Lipinski definition) is 5. The summed E-state index contributed by atoms with van der Waals surface area (Å²) in [6, 6.07) is 5.45. The van der Waals surface area contributed by atoms with Crippen LogP contribution in [0.2, 0.25) is 0 Å². The molecule has 3 aliphatic rings. The van der Waals surface area contributed by atoms with Crippen LogP contribution in [0, 0.1) is 11.8 Å².